The van der Waals surface area contributed by atoms with E-state index in [9.17, 15) is 13.2 Å². The molecule has 0 bridgehead atoms. The number of sulfonamides is 1. The number of ether oxygens (including phenoxy) is 1. The molecule has 1 saturated heterocycles. The third kappa shape index (κ3) is 5.61. The van der Waals surface area contributed by atoms with Gasteiger partial charge in [0.25, 0.3) is 0 Å². The van der Waals surface area contributed by atoms with Crippen molar-refractivity contribution >= 4 is 21.6 Å². The van der Waals surface area contributed by atoms with Gasteiger partial charge >= 0.3 is 0 Å². The third-order valence-electron chi connectivity index (χ3n) is 5.40. The Balaban J connectivity index is 1.59. The Morgan fingerprint density at radius 1 is 1.03 bits per heavy atom. The van der Waals surface area contributed by atoms with Crippen molar-refractivity contribution in [1.82, 2.24) is 4.31 Å². The predicted molar refractivity (Wildman–Crippen MR) is 118 cm³/mol. The Kier molecular flexibility index (Phi) is 7.50. The molecule has 2 aromatic rings. The number of benzene rings is 2. The molecule has 7 heteroatoms. The first-order valence-corrected chi connectivity index (χ1v) is 11.9. The molecule has 0 saturated carbocycles. The van der Waals surface area contributed by atoms with Gasteiger partial charge in [0.15, 0.2) is 0 Å². The topological polar surface area (TPSA) is 75.7 Å². The molecule has 0 aliphatic carbocycles. The maximum absolute atomic E-state index is 12.9. The average molecular weight is 431 g/mol. The summed E-state index contributed by atoms with van der Waals surface area (Å²) >= 11 is 0. The van der Waals surface area contributed by atoms with Crippen LogP contribution in [0, 0.1) is 6.92 Å². The van der Waals surface area contributed by atoms with E-state index in [1.165, 1.54) is 0 Å². The van der Waals surface area contributed by atoms with Gasteiger partial charge in [-0.15, -0.1) is 0 Å². The van der Waals surface area contributed by atoms with Crippen molar-refractivity contribution in [3.8, 4) is 5.75 Å². The number of carbonyl (C=O) groups is 1. The third-order valence-corrected chi connectivity index (χ3v) is 7.31. The van der Waals surface area contributed by atoms with Gasteiger partial charge in [-0.2, -0.15) is 4.31 Å². The Hall–Kier alpha value is -2.38. The van der Waals surface area contributed by atoms with Gasteiger partial charge < -0.3 is 10.1 Å². The molecule has 0 radical (unpaired) electrons. The number of aryl methyl sites for hydroxylation is 2. The molecule has 1 heterocycles. The second-order valence-electron chi connectivity index (χ2n) is 7.71. The van der Waals surface area contributed by atoms with Crippen LogP contribution in [0.5, 0.6) is 5.75 Å². The number of amides is 1. The average Bonchev–Trinajstić information content (AvgIpc) is 3.03. The number of anilines is 1. The molecule has 6 nitrogen and oxygen atoms in total. The molecule has 3 rings (SSSR count). The van der Waals surface area contributed by atoms with E-state index in [1.54, 1.807) is 35.7 Å². The first-order chi connectivity index (χ1) is 14.4. The summed E-state index contributed by atoms with van der Waals surface area (Å²) in [5.74, 6) is 0.511. The molecule has 0 spiro atoms. The van der Waals surface area contributed by atoms with E-state index in [4.69, 9.17) is 4.74 Å². The maximum atomic E-state index is 12.9. The van der Waals surface area contributed by atoms with Crippen LogP contribution in [0.4, 0.5) is 5.69 Å². The lowest BCUT2D eigenvalue weighted by atomic mass is 10.1. The van der Waals surface area contributed by atoms with Crippen molar-refractivity contribution in [2.75, 3.05) is 25.5 Å². The predicted octanol–water partition coefficient (Wildman–Crippen LogP) is 4.14. The van der Waals surface area contributed by atoms with Crippen molar-refractivity contribution in [3.05, 3.63) is 53.6 Å². The van der Waals surface area contributed by atoms with Crippen molar-refractivity contribution in [1.29, 1.82) is 0 Å². The van der Waals surface area contributed by atoms with Gasteiger partial charge in [0.05, 0.1) is 17.7 Å². The van der Waals surface area contributed by atoms with Gasteiger partial charge in [-0.1, -0.05) is 31.0 Å². The molecule has 0 atom stereocenters. The smallest absolute Gasteiger partial charge is 0.243 e. The highest BCUT2D eigenvalue weighted by Crippen LogP contribution is 2.25. The molecule has 0 aromatic heterocycles. The fourth-order valence-corrected chi connectivity index (χ4v) is 5.17. The van der Waals surface area contributed by atoms with Gasteiger partial charge in [0, 0.05) is 19.5 Å². The second kappa shape index (κ2) is 10.1. The van der Waals surface area contributed by atoms with Crippen LogP contribution >= 0.6 is 0 Å². The van der Waals surface area contributed by atoms with Crippen LogP contribution in [0.1, 0.15) is 43.2 Å². The van der Waals surface area contributed by atoms with Gasteiger partial charge in [0.2, 0.25) is 15.9 Å². The zero-order valence-electron chi connectivity index (χ0n) is 17.7. The molecular formula is C23H30N2O4S. The minimum atomic E-state index is -3.45. The number of hydrogen-bond acceptors (Lipinski definition) is 4. The van der Waals surface area contributed by atoms with E-state index in [1.807, 2.05) is 25.1 Å². The first-order valence-electron chi connectivity index (χ1n) is 10.4. The Labute approximate surface area is 179 Å². The standard InChI is InChI=1S/C23H30N2O4S/c1-18-7-13-22(29-2)21(17-18)24-23(26)14-10-19-8-11-20(12-9-19)30(27,28)25-15-5-3-4-6-16-25/h7-9,11-13,17H,3-6,10,14-16H2,1-2H3,(H,24,26). The quantitative estimate of drug-likeness (QED) is 0.716. The van der Waals surface area contributed by atoms with Crippen molar-refractivity contribution in [2.24, 2.45) is 0 Å². The van der Waals surface area contributed by atoms with Gasteiger partial charge in [-0.25, -0.2) is 8.42 Å². The lowest BCUT2D eigenvalue weighted by molar-refractivity contribution is -0.116. The maximum Gasteiger partial charge on any atom is 0.243 e. The summed E-state index contributed by atoms with van der Waals surface area (Å²) in [5, 5.41) is 2.89. The fraction of sp³-hybridized carbons (Fsp3) is 0.435. The van der Waals surface area contributed by atoms with Crippen molar-refractivity contribution in [3.63, 3.8) is 0 Å². The first kappa shape index (κ1) is 22.3. The summed E-state index contributed by atoms with van der Waals surface area (Å²) in [6.07, 6.45) is 4.83. The molecule has 2 aromatic carbocycles. The number of nitrogens with one attached hydrogen (secondary N) is 1. The summed E-state index contributed by atoms with van der Waals surface area (Å²) in [4.78, 5) is 12.7. The molecule has 1 fully saturated rings. The second-order valence-corrected chi connectivity index (χ2v) is 9.65. The van der Waals surface area contributed by atoms with E-state index in [0.29, 0.717) is 42.3 Å². The number of hydrogen-bond donors (Lipinski definition) is 1. The van der Waals surface area contributed by atoms with E-state index in [2.05, 4.69) is 5.32 Å². The minimum absolute atomic E-state index is 0.111. The molecular weight excluding hydrogens is 400 g/mol. The molecule has 30 heavy (non-hydrogen) atoms. The molecule has 0 unspecified atom stereocenters. The Morgan fingerprint density at radius 2 is 1.70 bits per heavy atom. The number of rotatable bonds is 7. The van der Waals surface area contributed by atoms with Crippen molar-refractivity contribution in [2.45, 2.75) is 50.3 Å². The van der Waals surface area contributed by atoms with E-state index < -0.39 is 10.0 Å². The van der Waals surface area contributed by atoms with Crippen LogP contribution in [-0.4, -0.2) is 38.8 Å². The van der Waals surface area contributed by atoms with Crippen LogP contribution < -0.4 is 10.1 Å². The summed E-state index contributed by atoms with van der Waals surface area (Å²) in [7, 11) is -1.87. The van der Waals surface area contributed by atoms with Gasteiger partial charge in [-0.3, -0.25) is 4.79 Å². The summed E-state index contributed by atoms with van der Waals surface area (Å²) in [6.45, 7) is 3.13. The highest BCUT2D eigenvalue weighted by molar-refractivity contribution is 7.89. The van der Waals surface area contributed by atoms with Crippen LogP contribution in [0.3, 0.4) is 0 Å². The van der Waals surface area contributed by atoms with Gasteiger partial charge in [-0.05, 0) is 61.6 Å². The summed E-state index contributed by atoms with van der Waals surface area (Å²) in [6, 6.07) is 12.5. The Morgan fingerprint density at radius 3 is 2.33 bits per heavy atom. The largest absolute Gasteiger partial charge is 0.495 e. The van der Waals surface area contributed by atoms with Crippen LogP contribution in [0.25, 0.3) is 0 Å². The molecule has 1 aliphatic rings. The van der Waals surface area contributed by atoms with Crippen LogP contribution in [0.15, 0.2) is 47.4 Å². The lowest BCUT2D eigenvalue weighted by Crippen LogP contribution is -2.31. The van der Waals surface area contributed by atoms with E-state index in [-0.39, 0.29) is 5.91 Å². The summed E-state index contributed by atoms with van der Waals surface area (Å²) < 4.78 is 32.6. The van der Waals surface area contributed by atoms with Gasteiger partial charge in [0.1, 0.15) is 5.75 Å². The van der Waals surface area contributed by atoms with Crippen LogP contribution in [-0.2, 0) is 21.2 Å². The number of methoxy groups -OCH3 is 1. The zero-order valence-corrected chi connectivity index (χ0v) is 18.5. The van der Waals surface area contributed by atoms with E-state index >= 15 is 0 Å². The fourth-order valence-electron chi connectivity index (χ4n) is 3.65. The normalized spacial score (nSPS) is 15.4. The molecule has 1 aliphatic heterocycles. The monoisotopic (exact) mass is 430 g/mol. The molecule has 162 valence electrons. The SMILES string of the molecule is COc1ccc(C)cc1NC(=O)CCc1ccc(S(=O)(=O)N2CCCCCC2)cc1. The Bertz CT molecular complexity index is 963. The molecule has 1 amide bonds. The van der Waals surface area contributed by atoms with Crippen molar-refractivity contribution < 1.29 is 17.9 Å². The summed E-state index contributed by atoms with van der Waals surface area (Å²) in [5.41, 5.74) is 2.62. The molecule has 1 N–H and O–H groups in total. The highest BCUT2D eigenvalue weighted by Gasteiger charge is 2.24. The minimum Gasteiger partial charge on any atom is -0.495 e. The number of carbonyl (C=O) groups excluding carboxylic acids is 1. The lowest BCUT2D eigenvalue weighted by Gasteiger charge is -2.20. The van der Waals surface area contributed by atoms with Crippen LogP contribution in [0.2, 0.25) is 0 Å². The highest BCUT2D eigenvalue weighted by atomic mass is 32.2. The number of nitrogens with zero attached hydrogens (tertiary/aromatic N) is 1. The van der Waals surface area contributed by atoms with E-state index in [0.717, 1.165) is 36.8 Å². The zero-order chi connectivity index (χ0) is 21.6.